The van der Waals surface area contributed by atoms with Gasteiger partial charge in [0, 0.05) is 35.0 Å². The second kappa shape index (κ2) is 10.2. The van der Waals surface area contributed by atoms with E-state index in [4.69, 9.17) is 20.6 Å². The van der Waals surface area contributed by atoms with Crippen molar-refractivity contribution in [2.24, 2.45) is 4.99 Å². The molecule has 1 fully saturated rings. The largest absolute Gasteiger partial charge is 0.490 e. The van der Waals surface area contributed by atoms with E-state index in [0.29, 0.717) is 18.1 Å². The molecule has 5 nitrogen and oxygen atoms in total. The monoisotopic (exact) mass is 442 g/mol. The number of halogens is 1. The predicted octanol–water partition coefficient (Wildman–Crippen LogP) is 4.45. The van der Waals surface area contributed by atoms with Crippen molar-refractivity contribution in [2.75, 3.05) is 44.4 Å². The molecule has 2 aromatic rings. The van der Waals surface area contributed by atoms with E-state index in [9.17, 15) is 0 Å². The average Bonchev–Trinajstić information content (AvgIpc) is 2.74. The van der Waals surface area contributed by atoms with Gasteiger partial charge in [-0.05, 0) is 59.3 Å². The highest BCUT2D eigenvalue weighted by molar-refractivity contribution is 9.10. The molecule has 146 valence electrons. The van der Waals surface area contributed by atoms with E-state index < -0.39 is 0 Å². The second-order valence-corrected chi connectivity index (χ2v) is 6.97. The lowest BCUT2D eigenvalue weighted by Crippen LogP contribution is -2.36. The summed E-state index contributed by atoms with van der Waals surface area (Å²) < 4.78 is 17.5. The smallest absolute Gasteiger partial charge is 0.163 e. The quantitative estimate of drug-likeness (QED) is 0.469. The lowest BCUT2D eigenvalue weighted by molar-refractivity contribution is 0.122. The van der Waals surface area contributed by atoms with E-state index >= 15 is 0 Å². The highest BCUT2D eigenvalue weighted by atomic mass is 79.9. The van der Waals surface area contributed by atoms with E-state index in [1.54, 1.807) is 6.21 Å². The molecule has 0 amide bonds. The third-order valence-electron chi connectivity index (χ3n) is 4.25. The standard InChI is InChI=1S/C22H23BrN2O3/c1-3-11-28-22-15-20(23)17(14-21(22)27-4-2)16-24-18-5-7-19(8-6-18)25-9-12-26-13-10-25/h1,5-8,14-16H,4,9-13H2,2H3. The van der Waals surface area contributed by atoms with Crippen LogP contribution in [0.1, 0.15) is 12.5 Å². The molecule has 1 aliphatic heterocycles. The van der Waals surface area contributed by atoms with Crippen LogP contribution in [0.4, 0.5) is 11.4 Å². The van der Waals surface area contributed by atoms with Gasteiger partial charge in [0.25, 0.3) is 0 Å². The topological polar surface area (TPSA) is 43.3 Å². The normalized spacial score (nSPS) is 14.1. The fraction of sp³-hybridized carbons (Fsp3) is 0.318. The molecule has 0 saturated carbocycles. The minimum Gasteiger partial charge on any atom is -0.490 e. The Kier molecular flexibility index (Phi) is 7.35. The molecule has 6 heteroatoms. The molecule has 0 spiro atoms. The van der Waals surface area contributed by atoms with E-state index in [1.165, 1.54) is 5.69 Å². The van der Waals surface area contributed by atoms with Crippen molar-refractivity contribution >= 4 is 33.5 Å². The van der Waals surface area contributed by atoms with Crippen molar-refractivity contribution in [3.05, 3.63) is 46.4 Å². The fourth-order valence-corrected chi connectivity index (χ4v) is 3.29. The van der Waals surface area contributed by atoms with Crippen LogP contribution in [0.5, 0.6) is 11.5 Å². The van der Waals surface area contributed by atoms with Crippen molar-refractivity contribution in [3.8, 4) is 23.8 Å². The molecule has 0 N–H and O–H groups in total. The third kappa shape index (κ3) is 5.28. The third-order valence-corrected chi connectivity index (χ3v) is 4.94. The zero-order valence-electron chi connectivity index (χ0n) is 15.9. The Bertz CT molecular complexity index is 853. The van der Waals surface area contributed by atoms with Gasteiger partial charge in [0.05, 0.1) is 25.5 Å². The molecule has 1 saturated heterocycles. The summed E-state index contributed by atoms with van der Waals surface area (Å²) in [6, 6.07) is 12.0. The summed E-state index contributed by atoms with van der Waals surface area (Å²) in [6.45, 7) is 6.04. The maximum atomic E-state index is 5.67. The van der Waals surface area contributed by atoms with Crippen LogP contribution in [0.25, 0.3) is 0 Å². The molecule has 0 atom stereocenters. The van der Waals surface area contributed by atoms with Gasteiger partial charge in [0.1, 0.15) is 6.61 Å². The van der Waals surface area contributed by atoms with Gasteiger partial charge in [-0.25, -0.2) is 0 Å². The first-order valence-electron chi connectivity index (χ1n) is 9.20. The number of aliphatic imine (C=N–C) groups is 1. The van der Waals surface area contributed by atoms with Crippen LogP contribution in [0.3, 0.4) is 0 Å². The van der Waals surface area contributed by atoms with Crippen molar-refractivity contribution in [1.29, 1.82) is 0 Å². The minimum absolute atomic E-state index is 0.190. The maximum absolute atomic E-state index is 5.67. The Morgan fingerprint density at radius 2 is 1.89 bits per heavy atom. The molecule has 0 aromatic heterocycles. The van der Waals surface area contributed by atoms with Crippen LogP contribution in [0.2, 0.25) is 0 Å². The van der Waals surface area contributed by atoms with Crippen LogP contribution in [0.15, 0.2) is 45.9 Å². The Morgan fingerprint density at radius 3 is 2.57 bits per heavy atom. The molecule has 1 heterocycles. The molecule has 28 heavy (non-hydrogen) atoms. The van der Waals surface area contributed by atoms with E-state index in [2.05, 4.69) is 43.9 Å². The molecule has 0 bridgehead atoms. The summed E-state index contributed by atoms with van der Waals surface area (Å²) in [4.78, 5) is 6.91. The van der Waals surface area contributed by atoms with Crippen molar-refractivity contribution in [1.82, 2.24) is 0 Å². The number of anilines is 1. The SMILES string of the molecule is C#CCOc1cc(Br)c(C=Nc2ccc(N3CCOCC3)cc2)cc1OCC. The van der Waals surface area contributed by atoms with Crippen LogP contribution in [-0.4, -0.2) is 45.7 Å². The molecule has 0 aliphatic carbocycles. The summed E-state index contributed by atoms with van der Waals surface area (Å²) in [5, 5.41) is 0. The first kappa shape index (κ1) is 20.2. The van der Waals surface area contributed by atoms with Gasteiger partial charge in [-0.15, -0.1) is 6.42 Å². The highest BCUT2D eigenvalue weighted by Gasteiger charge is 2.11. The van der Waals surface area contributed by atoms with Crippen LogP contribution < -0.4 is 14.4 Å². The number of hydrogen-bond donors (Lipinski definition) is 0. The lowest BCUT2D eigenvalue weighted by Gasteiger charge is -2.28. The number of morpholine rings is 1. The number of rotatable bonds is 7. The van der Waals surface area contributed by atoms with Crippen LogP contribution in [0, 0.1) is 12.3 Å². The number of benzene rings is 2. The summed E-state index contributed by atoms with van der Waals surface area (Å²) in [5.41, 5.74) is 2.97. The van der Waals surface area contributed by atoms with Gasteiger partial charge in [-0.1, -0.05) is 5.92 Å². The lowest BCUT2D eigenvalue weighted by atomic mass is 10.2. The van der Waals surface area contributed by atoms with Gasteiger partial charge >= 0.3 is 0 Å². The molecule has 0 unspecified atom stereocenters. The van der Waals surface area contributed by atoms with Gasteiger partial charge in [-0.2, -0.15) is 0 Å². The average molecular weight is 443 g/mol. The van der Waals surface area contributed by atoms with Gasteiger partial charge in [0.2, 0.25) is 0 Å². The number of hydrogen-bond acceptors (Lipinski definition) is 5. The minimum atomic E-state index is 0.190. The fourth-order valence-electron chi connectivity index (χ4n) is 2.87. The molecule has 2 aromatic carbocycles. The van der Waals surface area contributed by atoms with Crippen molar-refractivity contribution in [2.45, 2.75) is 6.92 Å². The molecule has 3 rings (SSSR count). The number of ether oxygens (including phenoxy) is 3. The van der Waals surface area contributed by atoms with Gasteiger partial charge in [-0.3, -0.25) is 4.99 Å². The van der Waals surface area contributed by atoms with Crippen LogP contribution in [-0.2, 0) is 4.74 Å². The van der Waals surface area contributed by atoms with Crippen molar-refractivity contribution < 1.29 is 14.2 Å². The number of terminal acetylenes is 1. The second-order valence-electron chi connectivity index (χ2n) is 6.12. The highest BCUT2D eigenvalue weighted by Crippen LogP contribution is 2.33. The Balaban J connectivity index is 1.75. The first-order valence-corrected chi connectivity index (χ1v) is 10.00. The molecular weight excluding hydrogens is 420 g/mol. The Hall–Kier alpha value is -2.49. The molecular formula is C22H23BrN2O3. The number of nitrogens with zero attached hydrogens (tertiary/aromatic N) is 2. The van der Waals surface area contributed by atoms with Gasteiger partial charge < -0.3 is 19.1 Å². The van der Waals surface area contributed by atoms with E-state index in [0.717, 1.165) is 42.0 Å². The summed E-state index contributed by atoms with van der Waals surface area (Å²) in [5.74, 6) is 3.72. The zero-order chi connectivity index (χ0) is 19.8. The molecule has 1 aliphatic rings. The zero-order valence-corrected chi connectivity index (χ0v) is 17.4. The van der Waals surface area contributed by atoms with Gasteiger partial charge in [0.15, 0.2) is 11.5 Å². The van der Waals surface area contributed by atoms with E-state index in [1.807, 2.05) is 31.2 Å². The summed E-state index contributed by atoms with van der Waals surface area (Å²) >= 11 is 3.56. The predicted molar refractivity (Wildman–Crippen MR) is 116 cm³/mol. The van der Waals surface area contributed by atoms with Crippen molar-refractivity contribution in [3.63, 3.8) is 0 Å². The van der Waals surface area contributed by atoms with Crippen LogP contribution >= 0.6 is 15.9 Å². The molecule has 0 radical (unpaired) electrons. The first-order chi connectivity index (χ1) is 13.7. The maximum Gasteiger partial charge on any atom is 0.163 e. The summed E-state index contributed by atoms with van der Waals surface area (Å²) in [6.07, 6.45) is 7.09. The Morgan fingerprint density at radius 1 is 1.18 bits per heavy atom. The van der Waals surface area contributed by atoms with E-state index in [-0.39, 0.29) is 6.61 Å². The summed E-state index contributed by atoms with van der Waals surface area (Å²) in [7, 11) is 0. The Labute approximate surface area is 174 Å².